The summed E-state index contributed by atoms with van der Waals surface area (Å²) in [6.07, 6.45) is 0.909. The van der Waals surface area contributed by atoms with Crippen LogP contribution in [0, 0.1) is 10.1 Å². The molecule has 2 atom stereocenters. The minimum absolute atomic E-state index is 0.0243. The lowest BCUT2D eigenvalue weighted by Gasteiger charge is -2.38. The number of furan rings is 1. The van der Waals surface area contributed by atoms with Gasteiger partial charge in [0.15, 0.2) is 0 Å². The number of aryl methyl sites for hydroxylation is 1. The number of nitro groups is 1. The molecule has 1 aromatic heterocycles. The fraction of sp³-hybridized carbons (Fsp3) is 0.227. The van der Waals surface area contributed by atoms with Crippen LogP contribution < -0.4 is 4.74 Å². The summed E-state index contributed by atoms with van der Waals surface area (Å²) >= 11 is 3.54. The van der Waals surface area contributed by atoms with E-state index in [4.69, 9.17) is 14.3 Å². The van der Waals surface area contributed by atoms with Crippen LogP contribution in [-0.4, -0.2) is 15.6 Å². The SMILES string of the molecule is CCc1ccc(C2=NN3[C@H](C2)c2cc(Br)ccc2O[C@H]3c2cccc([N+](=O)[O-])c2)o1. The van der Waals surface area contributed by atoms with Gasteiger partial charge in [-0.05, 0) is 30.3 Å². The van der Waals surface area contributed by atoms with E-state index in [9.17, 15) is 10.1 Å². The first-order chi connectivity index (χ1) is 14.5. The molecule has 2 aliphatic rings. The number of nitro benzene ring substituents is 1. The fourth-order valence-electron chi connectivity index (χ4n) is 3.94. The van der Waals surface area contributed by atoms with Crippen molar-refractivity contribution in [3.63, 3.8) is 0 Å². The highest BCUT2D eigenvalue weighted by Crippen LogP contribution is 2.48. The Labute approximate surface area is 181 Å². The Kier molecular flexibility index (Phi) is 4.58. The van der Waals surface area contributed by atoms with Crippen molar-refractivity contribution in [1.29, 1.82) is 0 Å². The van der Waals surface area contributed by atoms with E-state index in [1.165, 1.54) is 6.07 Å². The second kappa shape index (κ2) is 7.28. The quantitative estimate of drug-likeness (QED) is 0.360. The van der Waals surface area contributed by atoms with Gasteiger partial charge in [0.2, 0.25) is 6.23 Å². The molecule has 0 saturated heterocycles. The summed E-state index contributed by atoms with van der Waals surface area (Å²) in [5.74, 6) is 2.41. The molecule has 0 aliphatic carbocycles. The van der Waals surface area contributed by atoms with E-state index in [2.05, 4.69) is 15.9 Å². The third kappa shape index (κ3) is 3.17. The molecule has 2 aliphatic heterocycles. The molecule has 0 bridgehead atoms. The molecule has 0 fully saturated rings. The van der Waals surface area contributed by atoms with Crippen LogP contribution in [0.3, 0.4) is 0 Å². The van der Waals surface area contributed by atoms with Crippen LogP contribution in [-0.2, 0) is 6.42 Å². The van der Waals surface area contributed by atoms with Crippen molar-refractivity contribution in [3.8, 4) is 5.75 Å². The van der Waals surface area contributed by atoms with Crippen molar-refractivity contribution in [2.24, 2.45) is 5.10 Å². The van der Waals surface area contributed by atoms with Gasteiger partial charge in [0.1, 0.15) is 23.0 Å². The molecular weight excluding hydrogens is 450 g/mol. The maximum absolute atomic E-state index is 11.3. The molecule has 30 heavy (non-hydrogen) atoms. The first-order valence-corrected chi connectivity index (χ1v) is 10.5. The highest BCUT2D eigenvalue weighted by molar-refractivity contribution is 9.10. The van der Waals surface area contributed by atoms with Gasteiger partial charge in [-0.25, -0.2) is 5.01 Å². The van der Waals surface area contributed by atoms with Gasteiger partial charge in [0.05, 0.1) is 11.0 Å². The molecule has 0 spiro atoms. The van der Waals surface area contributed by atoms with Crippen LogP contribution in [0.25, 0.3) is 0 Å². The molecule has 7 nitrogen and oxygen atoms in total. The zero-order valence-corrected chi connectivity index (χ0v) is 17.7. The molecule has 0 saturated carbocycles. The van der Waals surface area contributed by atoms with E-state index in [1.54, 1.807) is 12.1 Å². The van der Waals surface area contributed by atoms with E-state index in [0.29, 0.717) is 12.0 Å². The number of hydrogen-bond donors (Lipinski definition) is 0. The number of hydrazone groups is 1. The molecule has 0 amide bonds. The van der Waals surface area contributed by atoms with Gasteiger partial charge in [-0.2, -0.15) is 5.10 Å². The summed E-state index contributed by atoms with van der Waals surface area (Å²) in [6.45, 7) is 2.04. The van der Waals surface area contributed by atoms with E-state index in [-0.39, 0.29) is 11.7 Å². The lowest BCUT2D eigenvalue weighted by atomic mass is 9.97. The number of non-ortho nitro benzene ring substituents is 1. The summed E-state index contributed by atoms with van der Waals surface area (Å²) in [4.78, 5) is 10.9. The largest absolute Gasteiger partial charge is 0.464 e. The Morgan fingerprint density at radius 1 is 1.23 bits per heavy atom. The second-order valence-electron chi connectivity index (χ2n) is 7.27. The topological polar surface area (TPSA) is 81.1 Å². The fourth-order valence-corrected chi connectivity index (χ4v) is 4.32. The zero-order valence-electron chi connectivity index (χ0n) is 16.1. The number of benzene rings is 2. The third-order valence-electron chi connectivity index (χ3n) is 5.41. The molecular formula is C22H18BrN3O4. The third-order valence-corrected chi connectivity index (χ3v) is 5.91. The standard InChI is InChI=1S/C22H18BrN3O4/c1-2-16-7-9-21(29-16)18-12-19-17-11-14(23)6-8-20(17)30-22(25(19)24-18)13-4-3-5-15(10-13)26(27)28/h3-11,19,22H,2,12H2,1H3/t19-,22+/m1/s1. The van der Waals surface area contributed by atoms with Crippen molar-refractivity contribution in [2.45, 2.75) is 32.0 Å². The molecule has 5 rings (SSSR count). The summed E-state index contributed by atoms with van der Waals surface area (Å²) in [5, 5.41) is 18.0. The first-order valence-electron chi connectivity index (χ1n) is 9.69. The molecule has 0 radical (unpaired) electrons. The smallest absolute Gasteiger partial charge is 0.269 e. The number of hydrogen-bond acceptors (Lipinski definition) is 6. The molecule has 3 aromatic rings. The number of rotatable bonds is 4. The van der Waals surface area contributed by atoms with E-state index < -0.39 is 11.2 Å². The Balaban J connectivity index is 1.59. The van der Waals surface area contributed by atoms with Crippen molar-refractivity contribution >= 4 is 27.3 Å². The number of ether oxygens (including phenoxy) is 1. The van der Waals surface area contributed by atoms with Crippen LogP contribution in [0.5, 0.6) is 5.75 Å². The Hall–Kier alpha value is -3.13. The van der Waals surface area contributed by atoms with Crippen LogP contribution in [0.2, 0.25) is 0 Å². The minimum atomic E-state index is -0.568. The maximum atomic E-state index is 11.3. The molecule has 8 heteroatoms. The van der Waals surface area contributed by atoms with Crippen molar-refractivity contribution < 1.29 is 14.1 Å². The van der Waals surface area contributed by atoms with Gasteiger partial charge < -0.3 is 9.15 Å². The normalized spacial score (nSPS) is 19.7. The predicted molar refractivity (Wildman–Crippen MR) is 114 cm³/mol. The first kappa shape index (κ1) is 18.9. The van der Waals surface area contributed by atoms with E-state index in [1.807, 2.05) is 48.3 Å². The van der Waals surface area contributed by atoms with Crippen LogP contribution in [0.15, 0.2) is 68.6 Å². The Morgan fingerprint density at radius 3 is 2.87 bits per heavy atom. The lowest BCUT2D eigenvalue weighted by molar-refractivity contribution is -0.385. The molecule has 152 valence electrons. The van der Waals surface area contributed by atoms with E-state index >= 15 is 0 Å². The average Bonchev–Trinajstić information content (AvgIpc) is 3.40. The monoisotopic (exact) mass is 467 g/mol. The predicted octanol–water partition coefficient (Wildman–Crippen LogP) is 5.76. The van der Waals surface area contributed by atoms with Gasteiger partial charge in [0, 0.05) is 40.6 Å². The van der Waals surface area contributed by atoms with Gasteiger partial charge >= 0.3 is 0 Å². The zero-order chi connectivity index (χ0) is 20.8. The number of fused-ring (bicyclic) bond motifs is 3. The van der Waals surface area contributed by atoms with Gasteiger partial charge in [-0.1, -0.05) is 35.0 Å². The lowest BCUT2D eigenvalue weighted by Crippen LogP contribution is -2.33. The molecule has 3 heterocycles. The van der Waals surface area contributed by atoms with Gasteiger partial charge in [-0.3, -0.25) is 10.1 Å². The van der Waals surface area contributed by atoms with Crippen molar-refractivity contribution in [1.82, 2.24) is 5.01 Å². The number of nitrogens with zero attached hydrogens (tertiary/aromatic N) is 3. The molecule has 2 aromatic carbocycles. The van der Waals surface area contributed by atoms with Gasteiger partial charge in [-0.15, -0.1) is 0 Å². The average molecular weight is 468 g/mol. The van der Waals surface area contributed by atoms with Gasteiger partial charge in [0.25, 0.3) is 5.69 Å². The van der Waals surface area contributed by atoms with Crippen molar-refractivity contribution in [3.05, 3.63) is 91.8 Å². The minimum Gasteiger partial charge on any atom is -0.464 e. The van der Waals surface area contributed by atoms with Crippen LogP contribution in [0.1, 0.15) is 48.3 Å². The summed E-state index contributed by atoms with van der Waals surface area (Å²) < 4.78 is 13.2. The Morgan fingerprint density at radius 2 is 2.10 bits per heavy atom. The van der Waals surface area contributed by atoms with E-state index in [0.717, 1.165) is 39.4 Å². The summed E-state index contributed by atoms with van der Waals surface area (Å²) in [7, 11) is 0. The molecule has 0 N–H and O–H groups in total. The number of halogens is 1. The van der Waals surface area contributed by atoms with Crippen LogP contribution >= 0.6 is 15.9 Å². The molecule has 0 unspecified atom stereocenters. The highest BCUT2D eigenvalue weighted by atomic mass is 79.9. The maximum Gasteiger partial charge on any atom is 0.269 e. The highest BCUT2D eigenvalue weighted by Gasteiger charge is 2.42. The summed E-state index contributed by atoms with van der Waals surface area (Å²) in [5.41, 5.74) is 2.57. The Bertz CT molecular complexity index is 1170. The van der Waals surface area contributed by atoms with Crippen LogP contribution in [0.4, 0.5) is 5.69 Å². The second-order valence-corrected chi connectivity index (χ2v) is 8.19. The summed E-state index contributed by atoms with van der Waals surface area (Å²) in [6, 6.07) is 16.3. The van der Waals surface area contributed by atoms with Crippen molar-refractivity contribution in [2.75, 3.05) is 0 Å².